The van der Waals surface area contributed by atoms with E-state index in [0.717, 1.165) is 32.5 Å². The van der Waals surface area contributed by atoms with Crippen LogP contribution in [0.25, 0.3) is 0 Å². The van der Waals surface area contributed by atoms with Gasteiger partial charge in [-0.2, -0.15) is 10.4 Å². The van der Waals surface area contributed by atoms with Gasteiger partial charge in [0, 0.05) is 19.6 Å². The van der Waals surface area contributed by atoms with E-state index in [1.54, 1.807) is 12.4 Å². The second-order valence-electron chi connectivity index (χ2n) is 5.32. The number of nitrogens with zero attached hydrogens (tertiary/aromatic N) is 5. The molecule has 5 nitrogen and oxygen atoms in total. The maximum Gasteiger partial charge on any atom is 0.143 e. The molecule has 0 N–H and O–H groups in total. The maximum atomic E-state index is 13.7. The van der Waals surface area contributed by atoms with Gasteiger partial charge in [-0.3, -0.25) is 4.68 Å². The minimum Gasteiger partial charge on any atom is -0.370 e. The number of hydrogen-bond acceptors (Lipinski definition) is 4. The second-order valence-corrected chi connectivity index (χ2v) is 5.32. The molecule has 0 saturated carbocycles. The summed E-state index contributed by atoms with van der Waals surface area (Å²) in [5, 5.41) is 13.3. The van der Waals surface area contributed by atoms with Crippen molar-refractivity contribution in [3.8, 4) is 6.07 Å². The van der Waals surface area contributed by atoms with E-state index in [1.807, 2.05) is 16.8 Å². The van der Waals surface area contributed by atoms with Gasteiger partial charge in [-0.25, -0.2) is 9.37 Å². The summed E-state index contributed by atoms with van der Waals surface area (Å²) in [7, 11) is 0. The number of nitriles is 1. The van der Waals surface area contributed by atoms with Crippen molar-refractivity contribution in [3.63, 3.8) is 0 Å². The second kappa shape index (κ2) is 5.92. The van der Waals surface area contributed by atoms with E-state index in [0.29, 0.717) is 11.6 Å². The lowest BCUT2D eigenvalue weighted by Crippen LogP contribution is -2.37. The number of hydrogen-bond donors (Lipinski definition) is 0. The van der Waals surface area contributed by atoms with E-state index in [2.05, 4.69) is 15.0 Å². The Bertz CT molecular complexity index is 647. The summed E-state index contributed by atoms with van der Waals surface area (Å²) in [6.45, 7) is 2.46. The van der Waals surface area contributed by atoms with Gasteiger partial charge in [0.1, 0.15) is 30.1 Å². The number of piperidine rings is 1. The monoisotopic (exact) mass is 285 g/mol. The molecule has 1 saturated heterocycles. The first-order valence-corrected chi connectivity index (χ1v) is 7.04. The third-order valence-corrected chi connectivity index (χ3v) is 3.87. The third-order valence-electron chi connectivity index (χ3n) is 3.87. The topological polar surface area (TPSA) is 57.7 Å². The minimum atomic E-state index is -0.451. The van der Waals surface area contributed by atoms with E-state index >= 15 is 0 Å². The third kappa shape index (κ3) is 2.87. The van der Waals surface area contributed by atoms with Gasteiger partial charge in [0.2, 0.25) is 0 Å². The number of halogens is 1. The first-order chi connectivity index (χ1) is 10.3. The molecule has 6 heteroatoms. The molecule has 108 valence electrons. The van der Waals surface area contributed by atoms with Gasteiger partial charge in [-0.05, 0) is 30.9 Å². The van der Waals surface area contributed by atoms with E-state index in [4.69, 9.17) is 5.26 Å². The van der Waals surface area contributed by atoms with Crippen LogP contribution in [0.4, 0.5) is 10.1 Å². The van der Waals surface area contributed by atoms with Crippen molar-refractivity contribution in [2.45, 2.75) is 19.4 Å². The maximum absolute atomic E-state index is 13.7. The number of aromatic nitrogens is 3. The predicted octanol–water partition coefficient (Wildman–Crippen LogP) is 2.21. The highest BCUT2D eigenvalue weighted by atomic mass is 19.1. The van der Waals surface area contributed by atoms with Crippen LogP contribution < -0.4 is 4.90 Å². The van der Waals surface area contributed by atoms with Crippen LogP contribution in [0, 0.1) is 23.1 Å². The van der Waals surface area contributed by atoms with E-state index < -0.39 is 5.82 Å². The predicted molar refractivity (Wildman–Crippen MR) is 76.1 cm³/mol. The first kappa shape index (κ1) is 13.6. The average Bonchev–Trinajstić information content (AvgIpc) is 3.00. The molecule has 0 bridgehead atoms. The zero-order valence-electron chi connectivity index (χ0n) is 11.6. The molecular weight excluding hydrogens is 269 g/mol. The highest BCUT2D eigenvalue weighted by Crippen LogP contribution is 2.28. The van der Waals surface area contributed by atoms with Gasteiger partial charge in [0.15, 0.2) is 0 Å². The lowest BCUT2D eigenvalue weighted by molar-refractivity contribution is 0.351. The van der Waals surface area contributed by atoms with Crippen LogP contribution in [-0.4, -0.2) is 27.9 Å². The van der Waals surface area contributed by atoms with Crippen LogP contribution in [0.1, 0.15) is 18.4 Å². The largest absolute Gasteiger partial charge is 0.370 e. The summed E-state index contributed by atoms with van der Waals surface area (Å²) in [5.41, 5.74) is 0.833. The number of rotatable bonds is 3. The minimum absolute atomic E-state index is 0.138. The Hall–Kier alpha value is -2.42. The molecule has 0 aliphatic carbocycles. The fourth-order valence-electron chi connectivity index (χ4n) is 2.91. The molecule has 1 aromatic heterocycles. The van der Waals surface area contributed by atoms with E-state index in [9.17, 15) is 4.39 Å². The Morgan fingerprint density at radius 3 is 3.10 bits per heavy atom. The van der Waals surface area contributed by atoms with Crippen LogP contribution >= 0.6 is 0 Å². The molecule has 3 rings (SSSR count). The number of anilines is 1. The van der Waals surface area contributed by atoms with Crippen molar-refractivity contribution in [1.82, 2.24) is 14.8 Å². The zero-order valence-corrected chi connectivity index (χ0v) is 11.6. The molecule has 1 atom stereocenters. The molecule has 1 aliphatic rings. The van der Waals surface area contributed by atoms with E-state index in [1.165, 1.54) is 12.4 Å². The van der Waals surface area contributed by atoms with Crippen LogP contribution in [0.2, 0.25) is 0 Å². The van der Waals surface area contributed by atoms with Crippen molar-refractivity contribution < 1.29 is 4.39 Å². The van der Waals surface area contributed by atoms with Crippen LogP contribution in [0.3, 0.4) is 0 Å². The molecule has 2 heterocycles. The van der Waals surface area contributed by atoms with Crippen LogP contribution in [0.5, 0.6) is 0 Å². The van der Waals surface area contributed by atoms with Gasteiger partial charge in [-0.15, -0.1) is 0 Å². The Labute approximate surface area is 122 Å². The molecule has 0 amide bonds. The van der Waals surface area contributed by atoms with E-state index in [-0.39, 0.29) is 5.56 Å². The highest BCUT2D eigenvalue weighted by molar-refractivity contribution is 5.60. The Balaban J connectivity index is 1.77. The Morgan fingerprint density at radius 1 is 1.43 bits per heavy atom. The standard InChI is InChI=1S/C15H16FN5/c16-14-4-1-5-15(13(14)7-17)20-6-2-3-12(8-20)9-21-11-18-10-19-21/h1,4-5,10-12H,2-3,6,8-9H2/t12-/m0/s1. The average molecular weight is 285 g/mol. The lowest BCUT2D eigenvalue weighted by Gasteiger charge is -2.34. The number of benzene rings is 1. The summed E-state index contributed by atoms with van der Waals surface area (Å²) >= 11 is 0. The quantitative estimate of drug-likeness (QED) is 0.867. The van der Waals surface area contributed by atoms with Crippen molar-refractivity contribution in [1.29, 1.82) is 5.26 Å². The molecule has 21 heavy (non-hydrogen) atoms. The van der Waals surface area contributed by atoms with Crippen molar-refractivity contribution in [3.05, 3.63) is 42.2 Å². The fraction of sp³-hybridized carbons (Fsp3) is 0.400. The summed E-state index contributed by atoms with van der Waals surface area (Å²) in [5.74, 6) is -0.0244. The Kier molecular flexibility index (Phi) is 3.82. The van der Waals surface area contributed by atoms with Gasteiger partial charge >= 0.3 is 0 Å². The van der Waals surface area contributed by atoms with Gasteiger partial charge in [-0.1, -0.05) is 6.07 Å². The molecule has 0 radical (unpaired) electrons. The first-order valence-electron chi connectivity index (χ1n) is 7.04. The zero-order chi connectivity index (χ0) is 14.7. The summed E-state index contributed by atoms with van der Waals surface area (Å²) in [6.07, 6.45) is 5.37. The summed E-state index contributed by atoms with van der Waals surface area (Å²) < 4.78 is 15.6. The summed E-state index contributed by atoms with van der Waals surface area (Å²) in [6, 6.07) is 6.79. The SMILES string of the molecule is N#Cc1c(F)cccc1N1CCC[C@H](Cn2cncn2)C1. The molecule has 1 aromatic carbocycles. The highest BCUT2D eigenvalue weighted by Gasteiger charge is 2.23. The fourth-order valence-corrected chi connectivity index (χ4v) is 2.91. The molecular formula is C15H16FN5. The normalized spacial score (nSPS) is 18.5. The van der Waals surface area contributed by atoms with Crippen molar-refractivity contribution in [2.24, 2.45) is 5.92 Å². The molecule has 1 fully saturated rings. The van der Waals surface area contributed by atoms with Gasteiger partial charge in [0.05, 0.1) is 5.69 Å². The van der Waals surface area contributed by atoms with Crippen LogP contribution in [0.15, 0.2) is 30.9 Å². The molecule has 0 unspecified atom stereocenters. The molecule has 0 spiro atoms. The smallest absolute Gasteiger partial charge is 0.143 e. The van der Waals surface area contributed by atoms with Crippen molar-refractivity contribution >= 4 is 5.69 Å². The molecule has 1 aliphatic heterocycles. The van der Waals surface area contributed by atoms with Crippen molar-refractivity contribution in [2.75, 3.05) is 18.0 Å². The summed E-state index contributed by atoms with van der Waals surface area (Å²) in [4.78, 5) is 6.05. The molecule has 2 aromatic rings. The van der Waals surface area contributed by atoms with Gasteiger partial charge in [0.25, 0.3) is 0 Å². The van der Waals surface area contributed by atoms with Crippen LogP contribution in [-0.2, 0) is 6.54 Å². The van der Waals surface area contributed by atoms with Gasteiger partial charge < -0.3 is 4.90 Å². The lowest BCUT2D eigenvalue weighted by atomic mass is 9.97. The Morgan fingerprint density at radius 2 is 2.33 bits per heavy atom.